The normalized spacial score (nSPS) is 18.8. The standard InChI is InChI=1S/C18H21NO6/c1-23-17(21)7-6-16(20)19-8-2-3-13(10-19)18(22)12-4-5-14-15(9-12)25-11-24-14/h4-5,9,13H,2-3,6-8,10-11H2,1H3/t13-/m0/s1. The topological polar surface area (TPSA) is 82.1 Å². The van der Waals surface area contributed by atoms with Crippen LogP contribution in [0, 0.1) is 5.92 Å². The van der Waals surface area contributed by atoms with Gasteiger partial charge in [-0.1, -0.05) is 0 Å². The number of ketones is 1. The minimum absolute atomic E-state index is 0.00349. The number of Topliss-reactive ketones (excluding diaryl/α,β-unsaturated/α-hetero) is 1. The predicted octanol–water partition coefficient (Wildman–Crippen LogP) is 1.79. The van der Waals surface area contributed by atoms with Crippen molar-refractivity contribution in [2.24, 2.45) is 5.92 Å². The molecule has 134 valence electrons. The van der Waals surface area contributed by atoms with Gasteiger partial charge in [-0.25, -0.2) is 0 Å². The van der Waals surface area contributed by atoms with E-state index in [1.807, 2.05) is 0 Å². The van der Waals surface area contributed by atoms with E-state index in [9.17, 15) is 14.4 Å². The third-order valence-electron chi connectivity index (χ3n) is 4.57. The smallest absolute Gasteiger partial charge is 0.306 e. The Morgan fingerprint density at radius 1 is 1.20 bits per heavy atom. The van der Waals surface area contributed by atoms with Gasteiger partial charge in [0.25, 0.3) is 0 Å². The Morgan fingerprint density at radius 2 is 2.00 bits per heavy atom. The Morgan fingerprint density at radius 3 is 2.80 bits per heavy atom. The summed E-state index contributed by atoms with van der Waals surface area (Å²) in [5, 5.41) is 0. The minimum Gasteiger partial charge on any atom is -0.469 e. The van der Waals surface area contributed by atoms with Crippen molar-refractivity contribution in [2.45, 2.75) is 25.7 Å². The molecular formula is C18H21NO6. The van der Waals surface area contributed by atoms with Crippen molar-refractivity contribution < 1.29 is 28.6 Å². The van der Waals surface area contributed by atoms with Crippen molar-refractivity contribution >= 4 is 17.7 Å². The number of hydrogen-bond acceptors (Lipinski definition) is 6. The molecule has 1 amide bonds. The third-order valence-corrected chi connectivity index (χ3v) is 4.57. The van der Waals surface area contributed by atoms with Gasteiger partial charge in [0.1, 0.15) is 0 Å². The second kappa shape index (κ2) is 7.55. The van der Waals surface area contributed by atoms with E-state index >= 15 is 0 Å². The summed E-state index contributed by atoms with van der Waals surface area (Å²) in [5.41, 5.74) is 0.568. The molecule has 25 heavy (non-hydrogen) atoms. The second-order valence-electron chi connectivity index (χ2n) is 6.19. The number of esters is 1. The fraction of sp³-hybridized carbons (Fsp3) is 0.500. The van der Waals surface area contributed by atoms with Crippen LogP contribution >= 0.6 is 0 Å². The number of carbonyl (C=O) groups excluding carboxylic acids is 3. The number of benzene rings is 1. The minimum atomic E-state index is -0.404. The van der Waals surface area contributed by atoms with E-state index in [4.69, 9.17) is 9.47 Å². The quantitative estimate of drug-likeness (QED) is 0.597. The largest absolute Gasteiger partial charge is 0.469 e. The molecule has 1 aromatic carbocycles. The Balaban J connectivity index is 1.61. The number of piperidine rings is 1. The Hall–Kier alpha value is -2.57. The number of likely N-dealkylation sites (tertiary alicyclic amines) is 1. The molecule has 2 aliphatic heterocycles. The first-order valence-electron chi connectivity index (χ1n) is 8.37. The lowest BCUT2D eigenvalue weighted by Crippen LogP contribution is -2.42. The highest BCUT2D eigenvalue weighted by Gasteiger charge is 2.30. The van der Waals surface area contributed by atoms with Crippen LogP contribution in [0.2, 0.25) is 0 Å². The lowest BCUT2D eigenvalue weighted by Gasteiger charge is -2.32. The first-order chi connectivity index (χ1) is 12.1. The van der Waals surface area contributed by atoms with Gasteiger partial charge in [-0.15, -0.1) is 0 Å². The molecule has 0 radical (unpaired) electrons. The summed E-state index contributed by atoms with van der Waals surface area (Å²) in [6.07, 6.45) is 1.68. The lowest BCUT2D eigenvalue weighted by molar-refractivity contribution is -0.144. The molecule has 0 aliphatic carbocycles. The maximum atomic E-state index is 12.8. The second-order valence-corrected chi connectivity index (χ2v) is 6.19. The van der Waals surface area contributed by atoms with Gasteiger partial charge in [0.2, 0.25) is 12.7 Å². The highest BCUT2D eigenvalue weighted by molar-refractivity contribution is 5.99. The summed E-state index contributed by atoms with van der Waals surface area (Å²) >= 11 is 0. The van der Waals surface area contributed by atoms with E-state index in [0.29, 0.717) is 30.2 Å². The molecule has 7 nitrogen and oxygen atoms in total. The fourth-order valence-electron chi connectivity index (χ4n) is 3.17. The highest BCUT2D eigenvalue weighted by Crippen LogP contribution is 2.33. The number of ether oxygens (including phenoxy) is 3. The van der Waals surface area contributed by atoms with Crippen molar-refractivity contribution in [3.8, 4) is 11.5 Å². The van der Waals surface area contributed by atoms with Gasteiger partial charge in [-0.05, 0) is 31.0 Å². The maximum absolute atomic E-state index is 12.8. The molecule has 1 saturated heterocycles. The van der Waals surface area contributed by atoms with Crippen LogP contribution < -0.4 is 9.47 Å². The summed E-state index contributed by atoms with van der Waals surface area (Å²) < 4.78 is 15.1. The zero-order valence-corrected chi connectivity index (χ0v) is 14.2. The van der Waals surface area contributed by atoms with Gasteiger partial charge < -0.3 is 19.1 Å². The van der Waals surface area contributed by atoms with Crippen molar-refractivity contribution in [3.63, 3.8) is 0 Å². The van der Waals surface area contributed by atoms with E-state index < -0.39 is 5.97 Å². The molecule has 3 rings (SSSR count). The molecule has 7 heteroatoms. The van der Waals surface area contributed by atoms with Crippen molar-refractivity contribution in [1.82, 2.24) is 4.90 Å². The molecule has 0 bridgehead atoms. The molecule has 2 aliphatic rings. The molecule has 0 N–H and O–H groups in total. The van der Waals surface area contributed by atoms with E-state index in [2.05, 4.69) is 4.74 Å². The van der Waals surface area contributed by atoms with Crippen molar-refractivity contribution in [2.75, 3.05) is 27.0 Å². The first-order valence-corrected chi connectivity index (χ1v) is 8.37. The molecular weight excluding hydrogens is 326 g/mol. The Bertz CT molecular complexity index is 686. The van der Waals surface area contributed by atoms with Gasteiger partial charge in [-0.3, -0.25) is 14.4 Å². The molecule has 1 aromatic rings. The van der Waals surface area contributed by atoms with Crippen LogP contribution in [0.3, 0.4) is 0 Å². The first kappa shape index (κ1) is 17.3. The number of hydrogen-bond donors (Lipinski definition) is 0. The predicted molar refractivity (Wildman–Crippen MR) is 87.4 cm³/mol. The molecule has 0 saturated carbocycles. The van der Waals surface area contributed by atoms with Crippen LogP contribution in [0.15, 0.2) is 18.2 Å². The summed E-state index contributed by atoms with van der Waals surface area (Å²) in [7, 11) is 1.30. The van der Waals surface area contributed by atoms with Gasteiger partial charge >= 0.3 is 5.97 Å². The number of carbonyl (C=O) groups is 3. The monoisotopic (exact) mass is 347 g/mol. The zero-order chi connectivity index (χ0) is 17.8. The molecule has 1 fully saturated rings. The molecule has 0 spiro atoms. The van der Waals surface area contributed by atoms with Gasteiger partial charge in [0.15, 0.2) is 17.3 Å². The maximum Gasteiger partial charge on any atom is 0.306 e. The van der Waals surface area contributed by atoms with Crippen LogP contribution in [-0.4, -0.2) is 49.6 Å². The number of nitrogens with zero attached hydrogens (tertiary/aromatic N) is 1. The summed E-state index contributed by atoms with van der Waals surface area (Å²) in [6.45, 7) is 1.16. The lowest BCUT2D eigenvalue weighted by atomic mass is 9.89. The van der Waals surface area contributed by atoms with Crippen molar-refractivity contribution in [3.05, 3.63) is 23.8 Å². The van der Waals surface area contributed by atoms with Crippen molar-refractivity contribution in [1.29, 1.82) is 0 Å². The van der Waals surface area contributed by atoms with Gasteiger partial charge in [0, 0.05) is 31.0 Å². The van der Waals surface area contributed by atoms with Crippen LogP contribution in [0.5, 0.6) is 11.5 Å². The third kappa shape index (κ3) is 3.92. The van der Waals surface area contributed by atoms with Crippen LogP contribution in [0.25, 0.3) is 0 Å². The number of methoxy groups -OCH3 is 1. The number of rotatable bonds is 5. The van der Waals surface area contributed by atoms with E-state index in [1.165, 1.54) is 7.11 Å². The average Bonchev–Trinajstić information content (AvgIpc) is 3.13. The SMILES string of the molecule is COC(=O)CCC(=O)N1CCC[C@H](C(=O)c2ccc3c(c2)OCO3)C1. The number of amides is 1. The van der Waals surface area contributed by atoms with Crippen LogP contribution in [0.1, 0.15) is 36.0 Å². The van der Waals surface area contributed by atoms with Gasteiger partial charge in [-0.2, -0.15) is 0 Å². The van der Waals surface area contributed by atoms with Crippen LogP contribution in [-0.2, 0) is 14.3 Å². The average molecular weight is 347 g/mol. The molecule has 0 unspecified atom stereocenters. The zero-order valence-electron chi connectivity index (χ0n) is 14.2. The van der Waals surface area contributed by atoms with E-state index in [1.54, 1.807) is 23.1 Å². The van der Waals surface area contributed by atoms with E-state index in [0.717, 1.165) is 12.8 Å². The molecule has 1 atom stereocenters. The van der Waals surface area contributed by atoms with Crippen LogP contribution in [0.4, 0.5) is 0 Å². The van der Waals surface area contributed by atoms with Gasteiger partial charge in [0.05, 0.1) is 13.5 Å². The molecule has 0 aromatic heterocycles. The number of fused-ring (bicyclic) bond motifs is 1. The highest BCUT2D eigenvalue weighted by atomic mass is 16.7. The Labute approximate surface area is 145 Å². The summed E-state index contributed by atoms with van der Waals surface area (Å²) in [6, 6.07) is 5.16. The Kier molecular flexibility index (Phi) is 5.21. The summed E-state index contributed by atoms with van der Waals surface area (Å²) in [5.74, 6) is 0.458. The summed E-state index contributed by atoms with van der Waals surface area (Å²) in [4.78, 5) is 37.9. The molecule has 2 heterocycles. The van der Waals surface area contributed by atoms with E-state index in [-0.39, 0.29) is 37.2 Å². The fourth-order valence-corrected chi connectivity index (χ4v) is 3.17.